The van der Waals surface area contributed by atoms with E-state index in [2.05, 4.69) is 5.32 Å². The second kappa shape index (κ2) is 9.89. The molecule has 0 spiro atoms. The summed E-state index contributed by atoms with van der Waals surface area (Å²) in [6.45, 7) is 2.62. The second-order valence-corrected chi connectivity index (χ2v) is 7.20. The highest BCUT2D eigenvalue weighted by Gasteiger charge is 2.23. The Hall–Kier alpha value is -3.11. The summed E-state index contributed by atoms with van der Waals surface area (Å²) in [7, 11) is 3.62. The highest BCUT2D eigenvalue weighted by atomic mass is 16.5. The number of carbonyl (C=O) groups excluding carboxylic acids is 1. The summed E-state index contributed by atoms with van der Waals surface area (Å²) >= 11 is 0. The molecule has 3 aromatic rings. The van der Waals surface area contributed by atoms with Crippen LogP contribution in [0, 0.1) is 0 Å². The number of amides is 1. The Kier molecular flexibility index (Phi) is 7.04. The van der Waals surface area contributed by atoms with Gasteiger partial charge in [0.05, 0.1) is 19.2 Å². The molecular formula is C25H28N2O2. The lowest BCUT2D eigenvalue weighted by Crippen LogP contribution is -2.44. The smallest absolute Gasteiger partial charge is 0.237 e. The van der Waals surface area contributed by atoms with Crippen LogP contribution < -0.4 is 10.1 Å². The number of likely N-dealkylation sites (N-methyl/N-ethyl adjacent to an activating group) is 1. The molecular weight excluding hydrogens is 360 g/mol. The molecule has 0 saturated carbocycles. The molecule has 0 aliphatic heterocycles. The van der Waals surface area contributed by atoms with Gasteiger partial charge in [-0.25, -0.2) is 0 Å². The zero-order valence-electron chi connectivity index (χ0n) is 17.2. The molecule has 0 bridgehead atoms. The van der Waals surface area contributed by atoms with Crippen molar-refractivity contribution in [3.05, 3.63) is 102 Å². The van der Waals surface area contributed by atoms with Gasteiger partial charge >= 0.3 is 0 Å². The fourth-order valence-electron chi connectivity index (χ4n) is 3.27. The summed E-state index contributed by atoms with van der Waals surface area (Å²) in [5, 5.41) is 3.23. The maximum atomic E-state index is 13.1. The zero-order chi connectivity index (χ0) is 20.6. The lowest BCUT2D eigenvalue weighted by molar-refractivity contribution is -0.126. The van der Waals surface area contributed by atoms with Gasteiger partial charge in [-0.05, 0) is 42.8 Å². The van der Waals surface area contributed by atoms with E-state index in [1.54, 1.807) is 7.11 Å². The van der Waals surface area contributed by atoms with E-state index >= 15 is 0 Å². The number of hydrogen-bond donors (Lipinski definition) is 1. The van der Waals surface area contributed by atoms with E-state index in [0.29, 0.717) is 6.54 Å². The minimum Gasteiger partial charge on any atom is -0.497 e. The van der Waals surface area contributed by atoms with Gasteiger partial charge in [0.15, 0.2) is 0 Å². The number of nitrogens with one attached hydrogen (secondary N) is 1. The minimum absolute atomic E-state index is 0.00119. The van der Waals surface area contributed by atoms with Crippen LogP contribution in [-0.4, -0.2) is 31.0 Å². The molecule has 0 saturated heterocycles. The number of benzene rings is 3. The Bertz CT molecular complexity index is 856. The monoisotopic (exact) mass is 388 g/mol. The summed E-state index contributed by atoms with van der Waals surface area (Å²) in [6.07, 6.45) is 0. The average Bonchev–Trinajstić information content (AvgIpc) is 2.78. The molecule has 150 valence electrons. The predicted molar refractivity (Wildman–Crippen MR) is 117 cm³/mol. The van der Waals surface area contributed by atoms with E-state index in [9.17, 15) is 4.79 Å². The predicted octanol–water partition coefficient (Wildman–Crippen LogP) is 4.42. The van der Waals surface area contributed by atoms with Crippen molar-refractivity contribution in [1.82, 2.24) is 10.2 Å². The summed E-state index contributed by atoms with van der Waals surface area (Å²) in [5.41, 5.74) is 3.27. The standard InChI is InChI=1S/C25H28N2O2/c1-19(27(2)18-20-14-16-23(29-3)17-15-20)25(28)26-24(21-10-6-4-7-11-21)22-12-8-5-9-13-22/h4-17,19,24H,18H2,1-3H3,(H,26,28). The number of rotatable bonds is 8. The lowest BCUT2D eigenvalue weighted by Gasteiger charge is -2.27. The molecule has 0 aliphatic carbocycles. The normalized spacial score (nSPS) is 12.0. The summed E-state index contributed by atoms with van der Waals surface area (Å²) in [6, 6.07) is 27.6. The van der Waals surface area contributed by atoms with Crippen molar-refractivity contribution in [2.24, 2.45) is 0 Å². The van der Waals surface area contributed by atoms with E-state index in [-0.39, 0.29) is 18.0 Å². The first kappa shape index (κ1) is 20.6. The highest BCUT2D eigenvalue weighted by Crippen LogP contribution is 2.22. The number of nitrogens with zero attached hydrogens (tertiary/aromatic N) is 1. The maximum Gasteiger partial charge on any atom is 0.237 e. The number of methoxy groups -OCH3 is 1. The number of hydrogen-bond acceptors (Lipinski definition) is 3. The Morgan fingerprint density at radius 3 is 1.90 bits per heavy atom. The lowest BCUT2D eigenvalue weighted by atomic mass is 9.98. The van der Waals surface area contributed by atoms with Crippen LogP contribution in [0.1, 0.15) is 29.7 Å². The largest absolute Gasteiger partial charge is 0.497 e. The van der Waals surface area contributed by atoms with Crippen molar-refractivity contribution in [2.75, 3.05) is 14.2 Å². The second-order valence-electron chi connectivity index (χ2n) is 7.20. The van der Waals surface area contributed by atoms with Gasteiger partial charge in [-0.2, -0.15) is 0 Å². The molecule has 0 fully saturated rings. The van der Waals surface area contributed by atoms with Crippen LogP contribution in [0.3, 0.4) is 0 Å². The van der Waals surface area contributed by atoms with Crippen molar-refractivity contribution in [3.8, 4) is 5.75 Å². The third kappa shape index (κ3) is 5.46. The molecule has 3 aromatic carbocycles. The maximum absolute atomic E-state index is 13.1. The number of ether oxygens (including phenoxy) is 1. The van der Waals surface area contributed by atoms with E-state index in [1.165, 1.54) is 0 Å². The summed E-state index contributed by atoms with van der Waals surface area (Å²) < 4.78 is 5.21. The van der Waals surface area contributed by atoms with Gasteiger partial charge in [-0.1, -0.05) is 72.8 Å². The Morgan fingerprint density at radius 2 is 1.41 bits per heavy atom. The molecule has 4 nitrogen and oxygen atoms in total. The van der Waals surface area contributed by atoms with E-state index in [1.807, 2.05) is 104 Å². The Balaban J connectivity index is 1.71. The molecule has 1 amide bonds. The van der Waals surface area contributed by atoms with Gasteiger partial charge in [0.25, 0.3) is 0 Å². The quantitative estimate of drug-likeness (QED) is 0.621. The summed E-state index contributed by atoms with van der Waals surface area (Å²) in [5.74, 6) is 0.828. The molecule has 1 atom stereocenters. The van der Waals surface area contributed by atoms with E-state index < -0.39 is 0 Å². The van der Waals surface area contributed by atoms with E-state index in [0.717, 1.165) is 22.4 Å². The van der Waals surface area contributed by atoms with Crippen LogP contribution in [0.15, 0.2) is 84.9 Å². The van der Waals surface area contributed by atoms with Crippen LogP contribution >= 0.6 is 0 Å². The van der Waals surface area contributed by atoms with Crippen LogP contribution in [0.2, 0.25) is 0 Å². The van der Waals surface area contributed by atoms with Crippen molar-refractivity contribution in [1.29, 1.82) is 0 Å². The molecule has 29 heavy (non-hydrogen) atoms. The van der Waals surface area contributed by atoms with Crippen molar-refractivity contribution < 1.29 is 9.53 Å². The van der Waals surface area contributed by atoms with Crippen molar-refractivity contribution >= 4 is 5.91 Å². The fourth-order valence-corrected chi connectivity index (χ4v) is 3.27. The highest BCUT2D eigenvalue weighted by molar-refractivity contribution is 5.82. The van der Waals surface area contributed by atoms with Crippen LogP contribution in [-0.2, 0) is 11.3 Å². The topological polar surface area (TPSA) is 41.6 Å². The fraction of sp³-hybridized carbons (Fsp3) is 0.240. The SMILES string of the molecule is COc1ccc(CN(C)C(C)C(=O)NC(c2ccccc2)c2ccccc2)cc1. The van der Waals surface area contributed by atoms with Crippen molar-refractivity contribution in [3.63, 3.8) is 0 Å². The first-order chi connectivity index (χ1) is 14.1. The first-order valence-corrected chi connectivity index (χ1v) is 9.82. The van der Waals surface area contributed by atoms with Crippen LogP contribution in [0.5, 0.6) is 5.75 Å². The van der Waals surface area contributed by atoms with Gasteiger partial charge in [0, 0.05) is 6.54 Å². The Labute approximate surface area is 173 Å². The molecule has 1 N–H and O–H groups in total. The third-order valence-corrected chi connectivity index (χ3v) is 5.18. The van der Waals surface area contributed by atoms with E-state index in [4.69, 9.17) is 4.74 Å². The van der Waals surface area contributed by atoms with Crippen LogP contribution in [0.25, 0.3) is 0 Å². The zero-order valence-corrected chi connectivity index (χ0v) is 17.2. The van der Waals surface area contributed by atoms with Gasteiger partial charge in [0.1, 0.15) is 5.75 Å². The summed E-state index contributed by atoms with van der Waals surface area (Å²) in [4.78, 5) is 15.1. The van der Waals surface area contributed by atoms with Crippen molar-refractivity contribution in [2.45, 2.75) is 25.6 Å². The Morgan fingerprint density at radius 1 is 0.897 bits per heavy atom. The number of carbonyl (C=O) groups is 1. The molecule has 0 aromatic heterocycles. The first-order valence-electron chi connectivity index (χ1n) is 9.82. The van der Waals surface area contributed by atoms with Gasteiger partial charge in [0.2, 0.25) is 5.91 Å². The molecule has 0 radical (unpaired) electrons. The van der Waals surface area contributed by atoms with Gasteiger partial charge in [-0.3, -0.25) is 9.69 Å². The van der Waals surface area contributed by atoms with Crippen LogP contribution in [0.4, 0.5) is 0 Å². The molecule has 3 rings (SSSR count). The molecule has 0 heterocycles. The van der Waals surface area contributed by atoms with Gasteiger partial charge in [-0.15, -0.1) is 0 Å². The molecule has 0 aliphatic rings. The molecule has 4 heteroatoms. The molecule has 1 unspecified atom stereocenters. The average molecular weight is 389 g/mol. The van der Waals surface area contributed by atoms with Gasteiger partial charge < -0.3 is 10.1 Å². The third-order valence-electron chi connectivity index (χ3n) is 5.18. The minimum atomic E-state index is -0.271.